The quantitative estimate of drug-likeness (QED) is 0.729. The normalized spacial score (nSPS) is 22.5. The Labute approximate surface area is 95.4 Å². The van der Waals surface area contributed by atoms with Crippen LogP contribution in [-0.2, 0) is 14.3 Å². The minimum absolute atomic E-state index is 0.0202. The Morgan fingerprint density at radius 3 is 2.81 bits per heavy atom. The van der Waals surface area contributed by atoms with Crippen LogP contribution in [0.3, 0.4) is 0 Å². The zero-order chi connectivity index (χ0) is 12.1. The number of nitrogens with zero attached hydrogens (tertiary/aromatic N) is 1. The molecule has 0 aromatic carbocycles. The average molecular weight is 229 g/mol. The summed E-state index contributed by atoms with van der Waals surface area (Å²) in [5, 5.41) is 8.88. The molecule has 1 saturated heterocycles. The van der Waals surface area contributed by atoms with Crippen LogP contribution in [0, 0.1) is 5.92 Å². The first-order chi connectivity index (χ1) is 7.60. The van der Waals surface area contributed by atoms with E-state index in [0.29, 0.717) is 13.2 Å². The van der Waals surface area contributed by atoms with Gasteiger partial charge in [0.05, 0.1) is 18.6 Å². The number of amides is 1. The van der Waals surface area contributed by atoms with Crippen molar-refractivity contribution < 1.29 is 19.4 Å². The summed E-state index contributed by atoms with van der Waals surface area (Å²) in [6, 6.07) is 0.0202. The molecule has 0 saturated carbocycles. The summed E-state index contributed by atoms with van der Waals surface area (Å²) >= 11 is 0. The number of carboxylic acids is 1. The van der Waals surface area contributed by atoms with Crippen molar-refractivity contribution in [2.24, 2.45) is 5.92 Å². The largest absolute Gasteiger partial charge is 0.481 e. The van der Waals surface area contributed by atoms with Crippen LogP contribution in [0.2, 0.25) is 0 Å². The number of aliphatic carboxylic acids is 1. The van der Waals surface area contributed by atoms with Crippen LogP contribution in [-0.4, -0.2) is 48.2 Å². The van der Waals surface area contributed by atoms with Crippen LogP contribution in [0.15, 0.2) is 0 Å². The molecule has 0 bridgehead atoms. The molecule has 1 aliphatic rings. The number of carbonyl (C=O) groups is 2. The van der Waals surface area contributed by atoms with E-state index in [1.165, 1.54) is 0 Å². The molecule has 2 unspecified atom stereocenters. The number of hydrogen-bond donors (Lipinski definition) is 1. The van der Waals surface area contributed by atoms with Crippen molar-refractivity contribution >= 4 is 11.9 Å². The first kappa shape index (κ1) is 13.0. The highest BCUT2D eigenvalue weighted by Crippen LogP contribution is 2.22. The van der Waals surface area contributed by atoms with Gasteiger partial charge in [0.2, 0.25) is 5.91 Å². The summed E-state index contributed by atoms with van der Waals surface area (Å²) in [7, 11) is 1.60. The molecule has 1 fully saturated rings. The molecule has 0 aromatic rings. The number of carbonyl (C=O) groups excluding carboxylic acids is 1. The highest BCUT2D eigenvalue weighted by molar-refractivity contribution is 5.86. The number of rotatable bonds is 6. The summed E-state index contributed by atoms with van der Waals surface area (Å²) in [6.07, 6.45) is 1.93. The van der Waals surface area contributed by atoms with Crippen molar-refractivity contribution in [2.45, 2.75) is 32.2 Å². The van der Waals surface area contributed by atoms with Crippen molar-refractivity contribution in [3.05, 3.63) is 0 Å². The van der Waals surface area contributed by atoms with Crippen LogP contribution in [0.25, 0.3) is 0 Å². The Morgan fingerprint density at radius 1 is 1.69 bits per heavy atom. The predicted octanol–water partition coefficient (Wildman–Crippen LogP) is 0.735. The van der Waals surface area contributed by atoms with Crippen molar-refractivity contribution in [3.8, 4) is 0 Å². The molecule has 1 rings (SSSR count). The maximum Gasteiger partial charge on any atom is 0.308 e. The fourth-order valence-electron chi connectivity index (χ4n) is 2.10. The van der Waals surface area contributed by atoms with Crippen molar-refractivity contribution in [1.82, 2.24) is 4.90 Å². The van der Waals surface area contributed by atoms with Gasteiger partial charge in [-0.1, -0.05) is 13.3 Å². The van der Waals surface area contributed by atoms with E-state index in [9.17, 15) is 9.59 Å². The maximum absolute atomic E-state index is 11.7. The van der Waals surface area contributed by atoms with Gasteiger partial charge in [-0.2, -0.15) is 0 Å². The molecule has 5 nitrogen and oxygen atoms in total. The third kappa shape index (κ3) is 2.95. The van der Waals surface area contributed by atoms with E-state index in [0.717, 1.165) is 12.8 Å². The van der Waals surface area contributed by atoms with Gasteiger partial charge in [-0.25, -0.2) is 0 Å². The van der Waals surface area contributed by atoms with Gasteiger partial charge in [0.25, 0.3) is 0 Å². The average Bonchev–Trinajstić information content (AvgIpc) is 2.60. The second kappa shape index (κ2) is 5.84. The smallest absolute Gasteiger partial charge is 0.308 e. The summed E-state index contributed by atoms with van der Waals surface area (Å²) in [5.41, 5.74) is 0. The van der Waals surface area contributed by atoms with Gasteiger partial charge in [-0.05, 0) is 6.42 Å². The third-order valence-electron chi connectivity index (χ3n) is 2.93. The Morgan fingerprint density at radius 2 is 2.38 bits per heavy atom. The minimum Gasteiger partial charge on any atom is -0.481 e. The maximum atomic E-state index is 11.7. The molecule has 2 atom stereocenters. The number of carboxylic acid groups (broad SMARTS) is 1. The number of methoxy groups -OCH3 is 1. The second-order valence-electron chi connectivity index (χ2n) is 4.18. The lowest BCUT2D eigenvalue weighted by Crippen LogP contribution is -2.39. The molecule has 1 N–H and O–H groups in total. The fraction of sp³-hybridized carbons (Fsp3) is 0.818. The van der Waals surface area contributed by atoms with E-state index >= 15 is 0 Å². The molecule has 0 spiro atoms. The highest BCUT2D eigenvalue weighted by atomic mass is 16.5. The van der Waals surface area contributed by atoms with Gasteiger partial charge in [0.1, 0.15) is 0 Å². The van der Waals surface area contributed by atoms with E-state index in [1.807, 2.05) is 6.92 Å². The summed E-state index contributed by atoms with van der Waals surface area (Å²) in [4.78, 5) is 24.2. The van der Waals surface area contributed by atoms with E-state index in [1.54, 1.807) is 12.0 Å². The van der Waals surface area contributed by atoms with E-state index in [4.69, 9.17) is 9.84 Å². The Balaban J connectivity index is 2.63. The zero-order valence-corrected chi connectivity index (χ0v) is 9.81. The summed E-state index contributed by atoms with van der Waals surface area (Å²) in [6.45, 7) is 2.84. The van der Waals surface area contributed by atoms with Gasteiger partial charge in [0, 0.05) is 20.1 Å². The van der Waals surface area contributed by atoms with E-state index < -0.39 is 11.9 Å². The van der Waals surface area contributed by atoms with Crippen molar-refractivity contribution in [2.75, 3.05) is 20.3 Å². The monoisotopic (exact) mass is 229 g/mol. The van der Waals surface area contributed by atoms with Crippen LogP contribution in [0.1, 0.15) is 26.2 Å². The highest BCUT2D eigenvalue weighted by Gasteiger charge is 2.37. The van der Waals surface area contributed by atoms with Crippen LogP contribution in [0.4, 0.5) is 0 Å². The van der Waals surface area contributed by atoms with E-state index in [-0.39, 0.29) is 18.4 Å². The van der Waals surface area contributed by atoms with Gasteiger partial charge in [-0.3, -0.25) is 9.59 Å². The molecule has 5 heteroatoms. The first-order valence-electron chi connectivity index (χ1n) is 5.61. The SMILES string of the molecule is CCCC(COC)N1CC(C(=O)O)CC1=O. The predicted molar refractivity (Wildman–Crippen MR) is 58.0 cm³/mol. The Hall–Kier alpha value is -1.10. The molecule has 1 aliphatic heterocycles. The molecule has 1 heterocycles. The van der Waals surface area contributed by atoms with Crippen LogP contribution >= 0.6 is 0 Å². The van der Waals surface area contributed by atoms with Crippen LogP contribution < -0.4 is 0 Å². The standard InChI is InChI=1S/C11H19NO4/c1-3-4-9(7-16-2)12-6-8(11(14)15)5-10(12)13/h8-9H,3-7H2,1-2H3,(H,14,15). The first-order valence-corrected chi connectivity index (χ1v) is 5.61. The topological polar surface area (TPSA) is 66.8 Å². The van der Waals surface area contributed by atoms with Gasteiger partial charge < -0.3 is 14.7 Å². The van der Waals surface area contributed by atoms with E-state index in [2.05, 4.69) is 0 Å². The van der Waals surface area contributed by atoms with Crippen molar-refractivity contribution in [3.63, 3.8) is 0 Å². The molecule has 0 radical (unpaired) electrons. The lowest BCUT2D eigenvalue weighted by atomic mass is 10.1. The lowest BCUT2D eigenvalue weighted by molar-refractivity contribution is -0.141. The second-order valence-corrected chi connectivity index (χ2v) is 4.18. The molecular formula is C11H19NO4. The van der Waals surface area contributed by atoms with Crippen LogP contribution in [0.5, 0.6) is 0 Å². The Bertz CT molecular complexity index is 261. The molecular weight excluding hydrogens is 210 g/mol. The van der Waals surface area contributed by atoms with Gasteiger partial charge >= 0.3 is 5.97 Å². The Kier molecular flexibility index (Phi) is 4.73. The molecule has 0 aliphatic carbocycles. The van der Waals surface area contributed by atoms with Gasteiger partial charge in [-0.15, -0.1) is 0 Å². The number of ether oxygens (including phenoxy) is 1. The fourth-order valence-corrected chi connectivity index (χ4v) is 2.10. The molecule has 0 aromatic heterocycles. The molecule has 16 heavy (non-hydrogen) atoms. The molecule has 1 amide bonds. The minimum atomic E-state index is -0.886. The zero-order valence-electron chi connectivity index (χ0n) is 9.81. The summed E-state index contributed by atoms with van der Waals surface area (Å²) < 4.78 is 5.07. The molecule has 92 valence electrons. The number of likely N-dealkylation sites (tertiary alicyclic amines) is 1. The lowest BCUT2D eigenvalue weighted by Gasteiger charge is -2.27. The number of hydrogen-bond acceptors (Lipinski definition) is 3. The summed E-state index contributed by atoms with van der Waals surface area (Å²) in [5.74, 6) is -1.50. The van der Waals surface area contributed by atoms with Gasteiger partial charge in [0.15, 0.2) is 0 Å². The third-order valence-corrected chi connectivity index (χ3v) is 2.93. The van der Waals surface area contributed by atoms with Crippen molar-refractivity contribution in [1.29, 1.82) is 0 Å².